The van der Waals surface area contributed by atoms with Crippen LogP contribution in [0.15, 0.2) is 71.6 Å². The third-order valence-electron chi connectivity index (χ3n) is 5.12. The molecule has 0 atom stereocenters. The van der Waals surface area contributed by atoms with Crippen LogP contribution >= 0.6 is 0 Å². The molecule has 0 aliphatic carbocycles. The van der Waals surface area contributed by atoms with Crippen LogP contribution in [0.2, 0.25) is 0 Å². The molecule has 0 unspecified atom stereocenters. The number of rotatable bonds is 5. The quantitative estimate of drug-likeness (QED) is 0.444. The first-order valence-corrected chi connectivity index (χ1v) is 11.0. The summed E-state index contributed by atoms with van der Waals surface area (Å²) in [5.41, 5.74) is 0.811. The van der Waals surface area contributed by atoms with Crippen molar-refractivity contribution in [2.45, 2.75) is 4.90 Å². The van der Waals surface area contributed by atoms with Crippen LogP contribution in [0.25, 0.3) is 11.3 Å². The number of aromatic nitrogens is 1. The van der Waals surface area contributed by atoms with E-state index >= 15 is 0 Å². The number of nitrogens with zero attached hydrogens (tertiary/aromatic N) is 4. The Morgan fingerprint density at radius 2 is 1.55 bits per heavy atom. The number of hydrogen-bond donors (Lipinski definition) is 0. The summed E-state index contributed by atoms with van der Waals surface area (Å²) in [4.78, 5) is 17.4. The summed E-state index contributed by atoms with van der Waals surface area (Å²) in [6.07, 6.45) is 0. The maximum atomic E-state index is 13.1. The lowest BCUT2D eigenvalue weighted by atomic mass is 10.1. The van der Waals surface area contributed by atoms with E-state index in [1.165, 1.54) is 22.5 Å². The van der Waals surface area contributed by atoms with Gasteiger partial charge in [-0.1, -0.05) is 30.3 Å². The molecule has 1 saturated heterocycles. The molecule has 0 bridgehead atoms. The first-order chi connectivity index (χ1) is 14.9. The van der Waals surface area contributed by atoms with Crippen LogP contribution < -0.4 is 4.90 Å². The minimum absolute atomic E-state index is 0.0437. The highest BCUT2D eigenvalue weighted by Gasteiger charge is 2.29. The lowest BCUT2D eigenvalue weighted by molar-refractivity contribution is -0.384. The minimum atomic E-state index is -3.72. The van der Waals surface area contributed by atoms with E-state index in [9.17, 15) is 22.9 Å². The van der Waals surface area contributed by atoms with Gasteiger partial charge in [0.15, 0.2) is 5.69 Å². The predicted octanol–water partition coefficient (Wildman–Crippen LogP) is 3.31. The van der Waals surface area contributed by atoms with Crippen LogP contribution in [0.4, 0.5) is 15.9 Å². The summed E-state index contributed by atoms with van der Waals surface area (Å²) in [6.45, 7) is 1.19. The fraction of sp³-hybridized carbons (Fsp3) is 0.190. The molecule has 31 heavy (non-hydrogen) atoms. The third-order valence-corrected chi connectivity index (χ3v) is 7.03. The Labute approximate surface area is 178 Å². The summed E-state index contributed by atoms with van der Waals surface area (Å²) in [6, 6.07) is 16.6. The monoisotopic (exact) mass is 442 g/mol. The summed E-state index contributed by atoms with van der Waals surface area (Å²) in [7, 11) is -3.72. The molecule has 0 N–H and O–H groups in total. The van der Waals surface area contributed by atoms with Crippen molar-refractivity contribution in [3.05, 3.63) is 82.7 Å². The van der Waals surface area contributed by atoms with Crippen LogP contribution in [0.3, 0.4) is 0 Å². The van der Waals surface area contributed by atoms with Gasteiger partial charge in [-0.05, 0) is 30.3 Å². The van der Waals surface area contributed by atoms with E-state index in [1.807, 2.05) is 11.0 Å². The second kappa shape index (κ2) is 8.40. The van der Waals surface area contributed by atoms with E-state index in [4.69, 9.17) is 0 Å². The lowest BCUT2D eigenvalue weighted by Gasteiger charge is -2.34. The van der Waals surface area contributed by atoms with Gasteiger partial charge in [0.25, 0.3) is 5.69 Å². The van der Waals surface area contributed by atoms with Crippen LogP contribution in [-0.2, 0) is 10.0 Å². The second-order valence-corrected chi connectivity index (χ2v) is 8.94. The van der Waals surface area contributed by atoms with Crippen molar-refractivity contribution in [2.75, 3.05) is 31.1 Å². The topological polar surface area (TPSA) is 96.6 Å². The molecule has 1 aromatic heterocycles. The molecule has 8 nitrogen and oxygen atoms in total. The highest BCUT2D eigenvalue weighted by Crippen LogP contribution is 2.31. The zero-order valence-corrected chi connectivity index (χ0v) is 17.2. The molecular weight excluding hydrogens is 423 g/mol. The molecule has 2 heterocycles. The predicted molar refractivity (Wildman–Crippen MR) is 114 cm³/mol. The fourth-order valence-corrected chi connectivity index (χ4v) is 4.91. The smallest absolute Gasteiger partial charge is 0.295 e. The van der Waals surface area contributed by atoms with Crippen molar-refractivity contribution in [1.29, 1.82) is 0 Å². The molecule has 1 fully saturated rings. The molecule has 1 aliphatic heterocycles. The lowest BCUT2D eigenvalue weighted by Crippen LogP contribution is -2.48. The molecule has 2 aromatic carbocycles. The van der Waals surface area contributed by atoms with Crippen LogP contribution in [0.5, 0.6) is 0 Å². The van der Waals surface area contributed by atoms with E-state index in [0.717, 1.165) is 12.1 Å². The molecule has 0 amide bonds. The maximum absolute atomic E-state index is 13.1. The van der Waals surface area contributed by atoms with Crippen molar-refractivity contribution in [2.24, 2.45) is 0 Å². The molecule has 4 rings (SSSR count). The summed E-state index contributed by atoms with van der Waals surface area (Å²) in [5.74, 6) is 0.0468. The summed E-state index contributed by atoms with van der Waals surface area (Å²) in [5, 5.41) is 11.4. The number of anilines is 1. The van der Waals surface area contributed by atoms with Crippen LogP contribution in [0.1, 0.15) is 0 Å². The largest absolute Gasteiger partial charge is 0.354 e. The van der Waals surface area contributed by atoms with E-state index in [2.05, 4.69) is 4.98 Å². The molecule has 3 aromatic rings. The maximum Gasteiger partial charge on any atom is 0.295 e. The molecule has 1 aliphatic rings. The first kappa shape index (κ1) is 20.9. The number of piperazine rings is 1. The number of halogens is 1. The molecule has 160 valence electrons. The average molecular weight is 442 g/mol. The van der Waals surface area contributed by atoms with Gasteiger partial charge >= 0.3 is 0 Å². The van der Waals surface area contributed by atoms with Gasteiger partial charge in [-0.25, -0.2) is 17.8 Å². The van der Waals surface area contributed by atoms with E-state index in [1.54, 1.807) is 30.3 Å². The summed E-state index contributed by atoms with van der Waals surface area (Å²) >= 11 is 0. The van der Waals surface area contributed by atoms with Crippen molar-refractivity contribution in [1.82, 2.24) is 9.29 Å². The molecule has 0 saturated carbocycles. The van der Waals surface area contributed by atoms with E-state index in [0.29, 0.717) is 24.5 Å². The molecular formula is C21H19FN4O4S. The van der Waals surface area contributed by atoms with Gasteiger partial charge in [0.2, 0.25) is 10.0 Å². The van der Waals surface area contributed by atoms with Crippen molar-refractivity contribution >= 4 is 21.5 Å². The number of benzene rings is 2. The highest BCUT2D eigenvalue weighted by molar-refractivity contribution is 7.89. The van der Waals surface area contributed by atoms with E-state index < -0.39 is 20.8 Å². The standard InChI is InChI=1S/C21H19FN4O4S/c22-17-6-8-18(9-7-17)31(29,30)25-14-12-24(13-15-25)20-11-10-19(26(27)28)21(23-20)16-4-2-1-3-5-16/h1-11H,12-15H2. The van der Waals surface area contributed by atoms with Gasteiger partial charge in [-0.3, -0.25) is 10.1 Å². The Kier molecular flexibility index (Phi) is 5.66. The number of sulfonamides is 1. The number of pyridine rings is 1. The van der Waals surface area contributed by atoms with Crippen LogP contribution in [0, 0.1) is 15.9 Å². The van der Waals surface area contributed by atoms with Gasteiger partial charge in [0.1, 0.15) is 11.6 Å². The Balaban J connectivity index is 1.55. The van der Waals surface area contributed by atoms with Gasteiger partial charge < -0.3 is 4.90 Å². The normalized spacial score (nSPS) is 15.1. The first-order valence-electron chi connectivity index (χ1n) is 9.58. The third kappa shape index (κ3) is 4.25. The molecule has 10 heteroatoms. The zero-order valence-electron chi connectivity index (χ0n) is 16.4. The molecule has 0 spiro atoms. The van der Waals surface area contributed by atoms with Gasteiger partial charge in [-0.2, -0.15) is 4.31 Å². The van der Waals surface area contributed by atoms with Crippen molar-refractivity contribution in [3.8, 4) is 11.3 Å². The van der Waals surface area contributed by atoms with Crippen LogP contribution in [-0.4, -0.2) is 48.8 Å². The Bertz CT molecular complexity index is 1200. The fourth-order valence-electron chi connectivity index (χ4n) is 3.49. The second-order valence-electron chi connectivity index (χ2n) is 7.01. The Morgan fingerprint density at radius 1 is 0.903 bits per heavy atom. The van der Waals surface area contributed by atoms with Crippen molar-refractivity contribution < 1.29 is 17.7 Å². The van der Waals surface area contributed by atoms with Gasteiger partial charge in [0.05, 0.1) is 9.82 Å². The zero-order chi connectivity index (χ0) is 22.0. The summed E-state index contributed by atoms with van der Waals surface area (Å²) < 4.78 is 40.1. The van der Waals surface area contributed by atoms with Crippen molar-refractivity contribution in [3.63, 3.8) is 0 Å². The Hall–Kier alpha value is -3.37. The van der Waals surface area contributed by atoms with E-state index in [-0.39, 0.29) is 29.4 Å². The average Bonchev–Trinajstić information content (AvgIpc) is 2.79. The Morgan fingerprint density at radius 3 is 2.16 bits per heavy atom. The SMILES string of the molecule is O=[N+]([O-])c1ccc(N2CCN(S(=O)(=O)c3ccc(F)cc3)CC2)nc1-c1ccccc1. The number of hydrogen-bond acceptors (Lipinski definition) is 6. The highest BCUT2D eigenvalue weighted by atomic mass is 32.2. The molecule has 0 radical (unpaired) electrons. The minimum Gasteiger partial charge on any atom is -0.354 e. The number of nitro groups is 1. The van der Waals surface area contributed by atoms with Gasteiger partial charge in [0, 0.05) is 37.8 Å². The van der Waals surface area contributed by atoms with Gasteiger partial charge in [-0.15, -0.1) is 0 Å².